The monoisotopic (exact) mass is 251 g/mol. The van der Waals surface area contributed by atoms with Gasteiger partial charge in [0.2, 0.25) is 5.91 Å². The molecule has 0 bridgehead atoms. The Balaban J connectivity index is 2.24. The van der Waals surface area contributed by atoms with E-state index in [0.29, 0.717) is 6.54 Å². The second-order valence-corrected chi connectivity index (χ2v) is 5.33. The number of hydrogen-bond donors (Lipinski definition) is 1. The van der Waals surface area contributed by atoms with Crippen LogP contribution in [-0.2, 0) is 11.3 Å². The molecule has 0 heterocycles. The summed E-state index contributed by atoms with van der Waals surface area (Å²) in [5.74, 6) is 2.29. The van der Waals surface area contributed by atoms with Gasteiger partial charge in [0.05, 0.1) is 0 Å². The van der Waals surface area contributed by atoms with Crippen LogP contribution in [0.5, 0.6) is 0 Å². The molecule has 0 saturated carbocycles. The topological polar surface area (TPSA) is 29.1 Å². The van der Waals surface area contributed by atoms with Gasteiger partial charge in [-0.05, 0) is 17.7 Å². The van der Waals surface area contributed by atoms with Gasteiger partial charge in [0.1, 0.15) is 0 Å². The standard InChI is InChI=1S/C14H21NOS/c1-3-9-17-11-12(2)14(16)15-10-13-7-5-4-6-8-13/h4-8,12H,3,9-11H2,1-2H3,(H,15,16)/t12-/m0/s1. The minimum atomic E-state index is 0.0928. The molecule has 2 nitrogen and oxygen atoms in total. The zero-order chi connectivity index (χ0) is 12.5. The first-order valence-electron chi connectivity index (χ1n) is 6.13. The summed E-state index contributed by atoms with van der Waals surface area (Å²) < 4.78 is 0. The lowest BCUT2D eigenvalue weighted by atomic mass is 10.2. The third-order valence-corrected chi connectivity index (χ3v) is 3.91. The molecule has 0 aliphatic carbocycles. The van der Waals surface area contributed by atoms with E-state index in [1.165, 1.54) is 6.42 Å². The molecule has 1 N–H and O–H groups in total. The van der Waals surface area contributed by atoms with Crippen LogP contribution in [0.1, 0.15) is 25.8 Å². The number of rotatable bonds is 7. The Kier molecular flexibility index (Phi) is 6.78. The number of carbonyl (C=O) groups excluding carboxylic acids is 1. The van der Waals surface area contributed by atoms with E-state index in [-0.39, 0.29) is 11.8 Å². The Bertz CT molecular complexity index is 326. The first kappa shape index (κ1) is 14.1. The van der Waals surface area contributed by atoms with Crippen LogP contribution in [0.25, 0.3) is 0 Å². The molecule has 1 aromatic carbocycles. The third kappa shape index (κ3) is 5.78. The van der Waals surface area contributed by atoms with Crippen molar-refractivity contribution in [2.24, 2.45) is 5.92 Å². The number of benzene rings is 1. The number of thioether (sulfide) groups is 1. The molecule has 1 atom stereocenters. The highest BCUT2D eigenvalue weighted by Crippen LogP contribution is 2.09. The van der Waals surface area contributed by atoms with Crippen LogP contribution >= 0.6 is 11.8 Å². The summed E-state index contributed by atoms with van der Waals surface area (Å²) in [6.07, 6.45) is 1.17. The van der Waals surface area contributed by atoms with Crippen LogP contribution < -0.4 is 5.32 Å². The van der Waals surface area contributed by atoms with Crippen molar-refractivity contribution in [1.29, 1.82) is 0 Å². The van der Waals surface area contributed by atoms with E-state index in [4.69, 9.17) is 0 Å². The summed E-state index contributed by atoms with van der Waals surface area (Å²) in [6.45, 7) is 4.78. The number of hydrogen-bond acceptors (Lipinski definition) is 2. The van der Waals surface area contributed by atoms with Crippen molar-refractivity contribution in [3.8, 4) is 0 Å². The molecule has 0 unspecified atom stereocenters. The molecule has 94 valence electrons. The molecule has 0 radical (unpaired) electrons. The molecule has 0 aliphatic heterocycles. The summed E-state index contributed by atoms with van der Waals surface area (Å²) in [5.41, 5.74) is 1.15. The minimum absolute atomic E-state index is 0.0928. The highest BCUT2D eigenvalue weighted by Gasteiger charge is 2.11. The molecular weight excluding hydrogens is 230 g/mol. The zero-order valence-electron chi connectivity index (χ0n) is 10.6. The smallest absolute Gasteiger partial charge is 0.223 e. The molecule has 1 rings (SSSR count). The van der Waals surface area contributed by atoms with Crippen molar-refractivity contribution >= 4 is 17.7 Å². The fourth-order valence-electron chi connectivity index (χ4n) is 1.44. The molecule has 0 aromatic heterocycles. The van der Waals surface area contributed by atoms with Crippen molar-refractivity contribution < 1.29 is 4.79 Å². The summed E-state index contributed by atoms with van der Waals surface area (Å²) in [5, 5.41) is 2.97. The lowest BCUT2D eigenvalue weighted by Gasteiger charge is -2.11. The summed E-state index contributed by atoms with van der Waals surface area (Å²) in [4.78, 5) is 11.8. The maximum absolute atomic E-state index is 11.8. The largest absolute Gasteiger partial charge is 0.352 e. The second kappa shape index (κ2) is 8.18. The van der Waals surface area contributed by atoms with E-state index in [9.17, 15) is 4.79 Å². The van der Waals surface area contributed by atoms with Crippen molar-refractivity contribution in [2.45, 2.75) is 26.8 Å². The first-order chi connectivity index (χ1) is 8.24. The minimum Gasteiger partial charge on any atom is -0.352 e. The average Bonchev–Trinajstić information content (AvgIpc) is 2.37. The van der Waals surface area contributed by atoms with Crippen molar-refractivity contribution in [3.05, 3.63) is 35.9 Å². The Morgan fingerprint density at radius 2 is 2.06 bits per heavy atom. The third-order valence-electron chi connectivity index (χ3n) is 2.47. The van der Waals surface area contributed by atoms with Gasteiger partial charge in [-0.2, -0.15) is 11.8 Å². The predicted octanol–water partition coefficient (Wildman–Crippen LogP) is 3.08. The van der Waals surface area contributed by atoms with Crippen LogP contribution in [0.4, 0.5) is 0 Å². The van der Waals surface area contributed by atoms with Crippen molar-refractivity contribution in [1.82, 2.24) is 5.32 Å². The maximum atomic E-state index is 11.8. The van der Waals surface area contributed by atoms with E-state index in [0.717, 1.165) is 17.1 Å². The average molecular weight is 251 g/mol. The van der Waals surface area contributed by atoms with Gasteiger partial charge in [-0.25, -0.2) is 0 Å². The van der Waals surface area contributed by atoms with Crippen LogP contribution in [0, 0.1) is 5.92 Å². The van der Waals surface area contributed by atoms with E-state index >= 15 is 0 Å². The highest BCUT2D eigenvalue weighted by atomic mass is 32.2. The van der Waals surface area contributed by atoms with Gasteiger partial charge in [-0.1, -0.05) is 44.2 Å². The molecule has 0 aliphatic rings. The molecule has 1 amide bonds. The van der Waals surface area contributed by atoms with E-state index in [1.807, 2.05) is 49.0 Å². The molecule has 1 aromatic rings. The molecule has 17 heavy (non-hydrogen) atoms. The zero-order valence-corrected chi connectivity index (χ0v) is 11.4. The Hall–Kier alpha value is -0.960. The lowest BCUT2D eigenvalue weighted by Crippen LogP contribution is -2.29. The van der Waals surface area contributed by atoms with Gasteiger partial charge in [-0.3, -0.25) is 4.79 Å². The molecule has 0 spiro atoms. The van der Waals surface area contributed by atoms with Crippen LogP contribution in [0.3, 0.4) is 0 Å². The van der Waals surface area contributed by atoms with Gasteiger partial charge in [0.15, 0.2) is 0 Å². The Morgan fingerprint density at radius 1 is 1.35 bits per heavy atom. The maximum Gasteiger partial charge on any atom is 0.223 e. The lowest BCUT2D eigenvalue weighted by molar-refractivity contribution is -0.124. The fourth-order valence-corrected chi connectivity index (χ4v) is 2.40. The van der Waals surface area contributed by atoms with Gasteiger partial charge in [0.25, 0.3) is 0 Å². The number of nitrogens with one attached hydrogen (secondary N) is 1. The van der Waals surface area contributed by atoms with Gasteiger partial charge < -0.3 is 5.32 Å². The molecule has 3 heteroatoms. The van der Waals surface area contributed by atoms with Crippen LogP contribution in [0.15, 0.2) is 30.3 Å². The summed E-state index contributed by atoms with van der Waals surface area (Å²) >= 11 is 1.85. The van der Waals surface area contributed by atoms with Crippen molar-refractivity contribution in [2.75, 3.05) is 11.5 Å². The van der Waals surface area contributed by atoms with Gasteiger partial charge in [0, 0.05) is 18.2 Å². The van der Waals surface area contributed by atoms with Crippen molar-refractivity contribution in [3.63, 3.8) is 0 Å². The fraction of sp³-hybridized carbons (Fsp3) is 0.500. The highest BCUT2D eigenvalue weighted by molar-refractivity contribution is 7.99. The molecule has 0 saturated heterocycles. The van der Waals surface area contributed by atoms with E-state index in [2.05, 4.69) is 12.2 Å². The van der Waals surface area contributed by atoms with Crippen LogP contribution in [-0.4, -0.2) is 17.4 Å². The molecular formula is C14H21NOS. The first-order valence-corrected chi connectivity index (χ1v) is 7.29. The second-order valence-electron chi connectivity index (χ2n) is 4.18. The Morgan fingerprint density at radius 3 is 2.71 bits per heavy atom. The molecule has 0 fully saturated rings. The van der Waals surface area contributed by atoms with E-state index < -0.39 is 0 Å². The van der Waals surface area contributed by atoms with E-state index in [1.54, 1.807) is 0 Å². The SMILES string of the molecule is CCCSC[C@H](C)C(=O)NCc1ccccc1. The Labute approximate surface area is 108 Å². The normalized spacial score (nSPS) is 12.1. The summed E-state index contributed by atoms with van der Waals surface area (Å²) in [6, 6.07) is 10.0. The summed E-state index contributed by atoms with van der Waals surface area (Å²) in [7, 11) is 0. The predicted molar refractivity (Wildman–Crippen MR) is 75.1 cm³/mol. The quantitative estimate of drug-likeness (QED) is 0.755. The number of carbonyl (C=O) groups is 1. The number of amides is 1. The van der Waals surface area contributed by atoms with Gasteiger partial charge >= 0.3 is 0 Å². The van der Waals surface area contributed by atoms with Gasteiger partial charge in [-0.15, -0.1) is 0 Å². The van der Waals surface area contributed by atoms with Crippen LogP contribution in [0.2, 0.25) is 0 Å².